The van der Waals surface area contributed by atoms with E-state index in [2.05, 4.69) is 175 Å². The molecular formula is C48H35N5. The molecule has 0 bridgehead atoms. The van der Waals surface area contributed by atoms with Crippen LogP contribution in [0.1, 0.15) is 43.4 Å². The van der Waals surface area contributed by atoms with Crippen LogP contribution in [0, 0.1) is 0 Å². The Kier molecular flexibility index (Phi) is 6.36. The molecular weight excluding hydrogens is 647 g/mol. The van der Waals surface area contributed by atoms with E-state index in [1.54, 1.807) is 0 Å². The molecule has 5 heteroatoms. The molecule has 0 spiro atoms. The number of rotatable bonds is 4. The molecule has 3 aromatic heterocycles. The summed E-state index contributed by atoms with van der Waals surface area (Å²) in [6, 6.07) is 47.8. The highest BCUT2D eigenvalue weighted by Crippen LogP contribution is 2.53. The number of allylic oxidation sites excluding steroid dienone is 4. The number of aromatic nitrogens is 5. The van der Waals surface area contributed by atoms with Crippen LogP contribution in [-0.4, -0.2) is 24.1 Å². The number of nitrogens with zero attached hydrogens (tertiary/aromatic N) is 5. The van der Waals surface area contributed by atoms with Crippen LogP contribution in [-0.2, 0) is 5.41 Å². The average molecular weight is 682 g/mol. The topological polar surface area (TPSA) is 48.5 Å². The van der Waals surface area contributed by atoms with Gasteiger partial charge in [-0.2, -0.15) is 15.0 Å². The lowest BCUT2D eigenvalue weighted by atomic mass is 9.80. The molecule has 0 fully saturated rings. The van der Waals surface area contributed by atoms with Crippen LogP contribution in [0.2, 0.25) is 0 Å². The zero-order valence-corrected chi connectivity index (χ0v) is 29.6. The lowest BCUT2D eigenvalue weighted by Crippen LogP contribution is -2.15. The third-order valence-electron chi connectivity index (χ3n) is 11.5. The number of hydrogen-bond donors (Lipinski definition) is 0. The first-order valence-corrected chi connectivity index (χ1v) is 18.4. The van der Waals surface area contributed by atoms with Crippen molar-refractivity contribution in [2.45, 2.75) is 32.1 Å². The third-order valence-corrected chi connectivity index (χ3v) is 11.5. The monoisotopic (exact) mass is 681 g/mol. The van der Waals surface area contributed by atoms with Gasteiger partial charge in [-0.05, 0) is 70.5 Å². The summed E-state index contributed by atoms with van der Waals surface area (Å²) in [7, 11) is 0. The third kappa shape index (κ3) is 4.34. The van der Waals surface area contributed by atoms with Crippen molar-refractivity contribution in [1.29, 1.82) is 0 Å². The molecule has 0 atom stereocenters. The molecule has 0 amide bonds. The van der Waals surface area contributed by atoms with Crippen LogP contribution in [0.25, 0.3) is 83.6 Å². The van der Waals surface area contributed by atoms with E-state index >= 15 is 0 Å². The fourth-order valence-corrected chi connectivity index (χ4v) is 9.04. The van der Waals surface area contributed by atoms with Crippen molar-refractivity contribution in [3.63, 3.8) is 0 Å². The highest BCUT2D eigenvalue weighted by atomic mass is 15.3. The lowest BCUT2D eigenvalue weighted by Gasteiger charge is -2.22. The van der Waals surface area contributed by atoms with E-state index in [9.17, 15) is 0 Å². The molecule has 0 saturated heterocycles. The first kappa shape index (κ1) is 30.1. The Morgan fingerprint density at radius 2 is 1.11 bits per heavy atom. The molecule has 2 aliphatic rings. The zero-order valence-electron chi connectivity index (χ0n) is 29.6. The Labute approximate surface area is 307 Å². The van der Waals surface area contributed by atoms with Crippen molar-refractivity contribution < 1.29 is 0 Å². The van der Waals surface area contributed by atoms with Gasteiger partial charge in [-0.3, -0.25) is 9.13 Å². The molecule has 5 nitrogen and oxygen atoms in total. The smallest absolute Gasteiger partial charge is 0.240 e. The van der Waals surface area contributed by atoms with Gasteiger partial charge >= 0.3 is 0 Å². The average Bonchev–Trinajstić information content (AvgIpc) is 3.81. The molecule has 9 aromatic rings. The summed E-state index contributed by atoms with van der Waals surface area (Å²) >= 11 is 0. The van der Waals surface area contributed by atoms with Crippen molar-refractivity contribution in [2.75, 3.05) is 0 Å². The number of benzene rings is 6. The van der Waals surface area contributed by atoms with E-state index in [-0.39, 0.29) is 5.41 Å². The number of hydrogen-bond acceptors (Lipinski definition) is 3. The molecule has 0 radical (unpaired) electrons. The van der Waals surface area contributed by atoms with Gasteiger partial charge in [-0.15, -0.1) is 0 Å². The highest BCUT2D eigenvalue weighted by molar-refractivity contribution is 6.14. The molecule has 252 valence electrons. The minimum Gasteiger partial charge on any atom is -0.278 e. The van der Waals surface area contributed by atoms with Crippen molar-refractivity contribution in [1.82, 2.24) is 24.1 Å². The van der Waals surface area contributed by atoms with E-state index in [0.29, 0.717) is 17.7 Å². The van der Waals surface area contributed by atoms with E-state index < -0.39 is 0 Å². The summed E-state index contributed by atoms with van der Waals surface area (Å²) in [6.45, 7) is 4.71. The number of para-hydroxylation sites is 3. The summed E-state index contributed by atoms with van der Waals surface area (Å²) < 4.78 is 4.44. The van der Waals surface area contributed by atoms with E-state index in [1.165, 1.54) is 54.9 Å². The Hall–Kier alpha value is -6.59. The molecule has 0 saturated carbocycles. The molecule has 11 rings (SSSR count). The van der Waals surface area contributed by atoms with Crippen LogP contribution in [0.5, 0.6) is 0 Å². The highest BCUT2D eigenvalue weighted by Gasteiger charge is 2.38. The minimum atomic E-state index is -0.176. The van der Waals surface area contributed by atoms with Gasteiger partial charge in [0.05, 0.1) is 22.1 Å². The predicted octanol–water partition coefficient (Wildman–Crippen LogP) is 11.8. The van der Waals surface area contributed by atoms with Crippen LogP contribution < -0.4 is 0 Å². The molecule has 0 unspecified atom stereocenters. The van der Waals surface area contributed by atoms with E-state index in [0.717, 1.165) is 40.5 Å². The maximum Gasteiger partial charge on any atom is 0.240 e. The molecule has 53 heavy (non-hydrogen) atoms. The normalized spacial score (nSPS) is 14.6. The first-order valence-electron chi connectivity index (χ1n) is 18.4. The summed E-state index contributed by atoms with van der Waals surface area (Å²) in [5, 5.41) is 4.78. The fourth-order valence-electron chi connectivity index (χ4n) is 9.04. The SMILES string of the molecule is CC1(C)c2ccccc2-c2ccc3c(c21)c1ccccc1n3-c1nc(-c2ccc(C3=CC=CCC3)cc2)nc(-n2c3ccccc3c3ccccc32)n1. The summed E-state index contributed by atoms with van der Waals surface area (Å²) in [6.07, 6.45) is 8.71. The summed E-state index contributed by atoms with van der Waals surface area (Å²) in [5.41, 5.74) is 13.0. The van der Waals surface area contributed by atoms with Gasteiger partial charge in [0, 0.05) is 32.5 Å². The Morgan fingerprint density at radius 3 is 1.79 bits per heavy atom. The van der Waals surface area contributed by atoms with Gasteiger partial charge < -0.3 is 0 Å². The van der Waals surface area contributed by atoms with Gasteiger partial charge in [-0.25, -0.2) is 0 Å². The Morgan fingerprint density at radius 1 is 0.528 bits per heavy atom. The van der Waals surface area contributed by atoms with Gasteiger partial charge in [0.1, 0.15) is 0 Å². The minimum absolute atomic E-state index is 0.176. The van der Waals surface area contributed by atoms with Crippen molar-refractivity contribution in [3.8, 4) is 34.4 Å². The summed E-state index contributed by atoms with van der Waals surface area (Å²) in [4.78, 5) is 16.0. The zero-order chi connectivity index (χ0) is 35.3. The second-order valence-corrected chi connectivity index (χ2v) is 14.8. The fraction of sp³-hybridized carbons (Fsp3) is 0.104. The molecule has 2 aliphatic carbocycles. The summed E-state index contributed by atoms with van der Waals surface area (Å²) in [5.74, 6) is 1.82. The van der Waals surface area contributed by atoms with E-state index in [1.807, 2.05) is 0 Å². The predicted molar refractivity (Wildman–Crippen MR) is 218 cm³/mol. The molecule has 6 aromatic carbocycles. The second-order valence-electron chi connectivity index (χ2n) is 14.8. The van der Waals surface area contributed by atoms with Gasteiger partial charge in [0.25, 0.3) is 0 Å². The van der Waals surface area contributed by atoms with Crippen molar-refractivity contribution in [3.05, 3.63) is 168 Å². The maximum atomic E-state index is 5.39. The lowest BCUT2D eigenvalue weighted by molar-refractivity contribution is 0.666. The van der Waals surface area contributed by atoms with Crippen LogP contribution in [0.4, 0.5) is 0 Å². The Balaban J connectivity index is 1.21. The molecule has 3 heterocycles. The van der Waals surface area contributed by atoms with E-state index in [4.69, 9.17) is 15.0 Å². The van der Waals surface area contributed by atoms with Crippen molar-refractivity contribution >= 4 is 49.2 Å². The number of fused-ring (bicyclic) bond motifs is 10. The largest absolute Gasteiger partial charge is 0.278 e. The van der Waals surface area contributed by atoms with Gasteiger partial charge in [0.15, 0.2) is 5.82 Å². The van der Waals surface area contributed by atoms with Crippen LogP contribution in [0.3, 0.4) is 0 Å². The molecule has 0 N–H and O–H groups in total. The quantitative estimate of drug-likeness (QED) is 0.186. The molecule has 0 aliphatic heterocycles. The van der Waals surface area contributed by atoms with Crippen LogP contribution in [0.15, 0.2) is 152 Å². The van der Waals surface area contributed by atoms with Gasteiger partial charge in [0.2, 0.25) is 11.9 Å². The first-order chi connectivity index (χ1) is 26.1. The second kappa shape index (κ2) is 11.2. The standard InChI is InChI=1S/C48H35N5/c1-48(2)38-20-10-6-16-33(38)36-28-29-42-43(44(36)48)37-19-9-13-23-41(37)53(42)47-50-45(32-26-24-31(25-27-32)30-14-4-3-5-15-30)49-46(51-47)52-39-21-11-7-17-34(39)35-18-8-12-22-40(35)52/h3-4,6-14,16-29H,5,15H2,1-2H3. The van der Waals surface area contributed by atoms with Gasteiger partial charge in [-0.1, -0.05) is 141 Å². The van der Waals surface area contributed by atoms with Crippen LogP contribution >= 0.6 is 0 Å². The Bertz CT molecular complexity index is 2970. The van der Waals surface area contributed by atoms with Crippen molar-refractivity contribution in [2.24, 2.45) is 0 Å². The maximum absolute atomic E-state index is 5.39.